The van der Waals surface area contributed by atoms with Gasteiger partial charge in [0, 0.05) is 5.92 Å². The van der Waals surface area contributed by atoms with Crippen molar-refractivity contribution in [1.82, 2.24) is 5.32 Å². The van der Waals surface area contributed by atoms with Gasteiger partial charge in [-0.15, -0.1) is 0 Å². The number of carboxylic acids is 1. The Morgan fingerprint density at radius 3 is 2.57 bits per heavy atom. The lowest BCUT2D eigenvalue weighted by Gasteiger charge is -2.25. The zero-order valence-corrected chi connectivity index (χ0v) is 13.8. The monoisotopic (exact) mass is 319 g/mol. The Labute approximate surface area is 137 Å². The van der Waals surface area contributed by atoms with Gasteiger partial charge in [0.05, 0.1) is 19.6 Å². The number of benzene rings is 1. The van der Waals surface area contributed by atoms with Gasteiger partial charge in [0.15, 0.2) is 0 Å². The van der Waals surface area contributed by atoms with E-state index in [1.54, 1.807) is 7.11 Å². The molecule has 0 aliphatic heterocycles. The van der Waals surface area contributed by atoms with E-state index in [1.807, 2.05) is 25.1 Å². The molecular formula is C18H25NO4. The van der Waals surface area contributed by atoms with Crippen LogP contribution >= 0.6 is 0 Å². The molecule has 1 fully saturated rings. The number of nitrogens with one attached hydrogen (secondary N) is 1. The molecule has 0 saturated heterocycles. The Bertz CT molecular complexity index is 564. The van der Waals surface area contributed by atoms with E-state index in [0.29, 0.717) is 0 Å². The van der Waals surface area contributed by atoms with Crippen molar-refractivity contribution in [3.05, 3.63) is 29.3 Å². The maximum Gasteiger partial charge on any atom is 0.305 e. The van der Waals surface area contributed by atoms with Crippen LogP contribution in [0.2, 0.25) is 0 Å². The normalized spacial score (nSPS) is 16.6. The molecule has 1 aromatic rings. The van der Waals surface area contributed by atoms with Crippen LogP contribution in [0, 0.1) is 12.8 Å². The predicted octanol–water partition coefficient (Wildman–Crippen LogP) is 3.22. The largest absolute Gasteiger partial charge is 0.496 e. The van der Waals surface area contributed by atoms with Crippen molar-refractivity contribution in [3.8, 4) is 5.75 Å². The number of aliphatic carboxylic acids is 1. The average Bonchev–Trinajstić information content (AvgIpc) is 2.54. The predicted molar refractivity (Wildman–Crippen MR) is 87.4 cm³/mol. The Morgan fingerprint density at radius 2 is 2.00 bits per heavy atom. The zero-order chi connectivity index (χ0) is 16.8. The second-order valence-electron chi connectivity index (χ2n) is 6.22. The number of hydrogen-bond acceptors (Lipinski definition) is 3. The van der Waals surface area contributed by atoms with Gasteiger partial charge in [-0.2, -0.15) is 0 Å². The zero-order valence-electron chi connectivity index (χ0n) is 13.8. The van der Waals surface area contributed by atoms with Gasteiger partial charge < -0.3 is 15.2 Å². The fourth-order valence-electron chi connectivity index (χ4n) is 3.20. The molecule has 0 radical (unpaired) electrons. The minimum absolute atomic E-state index is 0.0133. The van der Waals surface area contributed by atoms with E-state index >= 15 is 0 Å². The summed E-state index contributed by atoms with van der Waals surface area (Å²) in [5.74, 6) is -0.183. The number of ether oxygens (including phenoxy) is 1. The second kappa shape index (κ2) is 7.99. The van der Waals surface area contributed by atoms with Gasteiger partial charge in [-0.1, -0.05) is 31.4 Å². The lowest BCUT2D eigenvalue weighted by Crippen LogP contribution is -2.36. The molecule has 2 rings (SSSR count). The molecule has 1 amide bonds. The van der Waals surface area contributed by atoms with E-state index in [4.69, 9.17) is 9.84 Å². The molecule has 1 aliphatic rings. The first-order valence-corrected chi connectivity index (χ1v) is 8.18. The first-order chi connectivity index (χ1) is 11.0. The third kappa shape index (κ3) is 4.71. The molecule has 126 valence electrons. The van der Waals surface area contributed by atoms with E-state index in [2.05, 4.69) is 5.32 Å². The van der Waals surface area contributed by atoms with Gasteiger partial charge in [-0.25, -0.2) is 0 Å². The van der Waals surface area contributed by atoms with Crippen molar-refractivity contribution in [3.63, 3.8) is 0 Å². The molecule has 1 saturated carbocycles. The lowest BCUT2D eigenvalue weighted by atomic mass is 9.88. The Hall–Kier alpha value is -2.04. The number of carbonyl (C=O) groups excluding carboxylic acids is 1. The van der Waals surface area contributed by atoms with Crippen LogP contribution in [0.15, 0.2) is 18.2 Å². The van der Waals surface area contributed by atoms with Gasteiger partial charge in [-0.3, -0.25) is 9.59 Å². The van der Waals surface area contributed by atoms with Crippen LogP contribution in [0.5, 0.6) is 5.75 Å². The van der Waals surface area contributed by atoms with Crippen LogP contribution in [-0.4, -0.2) is 24.1 Å². The lowest BCUT2D eigenvalue weighted by molar-refractivity contribution is -0.138. The summed E-state index contributed by atoms with van der Waals surface area (Å²) in [7, 11) is 1.60. The highest BCUT2D eigenvalue weighted by atomic mass is 16.5. The molecule has 1 aliphatic carbocycles. The summed E-state index contributed by atoms with van der Waals surface area (Å²) < 4.78 is 5.23. The Balaban J connectivity index is 2.14. The highest BCUT2D eigenvalue weighted by molar-refractivity contribution is 5.80. The summed E-state index contributed by atoms with van der Waals surface area (Å²) in [6.45, 7) is 1.91. The van der Waals surface area contributed by atoms with Gasteiger partial charge in [0.2, 0.25) is 5.91 Å². The average molecular weight is 319 g/mol. The molecule has 5 heteroatoms. The summed E-state index contributed by atoms with van der Waals surface area (Å²) in [6, 6.07) is 5.01. The molecule has 0 unspecified atom stereocenters. The Kier molecular flexibility index (Phi) is 6.02. The van der Waals surface area contributed by atoms with E-state index < -0.39 is 12.0 Å². The van der Waals surface area contributed by atoms with Gasteiger partial charge in [0.25, 0.3) is 0 Å². The molecule has 0 spiro atoms. The minimum Gasteiger partial charge on any atom is -0.496 e. The quantitative estimate of drug-likeness (QED) is 0.844. The first-order valence-electron chi connectivity index (χ1n) is 8.18. The summed E-state index contributed by atoms with van der Waals surface area (Å²) in [5, 5.41) is 12.1. The molecular weight excluding hydrogens is 294 g/mol. The first kappa shape index (κ1) is 17.3. The van der Waals surface area contributed by atoms with Crippen molar-refractivity contribution in [2.75, 3.05) is 7.11 Å². The SMILES string of the molecule is COc1ccc([C@H](CC(=O)O)NC(=O)C2CCCCC2)cc1C. The number of aryl methyl sites for hydroxylation is 1. The van der Waals surface area contributed by atoms with Crippen molar-refractivity contribution in [1.29, 1.82) is 0 Å². The molecule has 1 atom stereocenters. The molecule has 0 bridgehead atoms. The number of amides is 1. The van der Waals surface area contributed by atoms with Gasteiger partial charge in [-0.05, 0) is 37.0 Å². The maximum absolute atomic E-state index is 12.4. The van der Waals surface area contributed by atoms with E-state index in [0.717, 1.165) is 42.6 Å². The third-order valence-corrected chi connectivity index (χ3v) is 4.49. The van der Waals surface area contributed by atoms with Crippen LogP contribution in [-0.2, 0) is 9.59 Å². The minimum atomic E-state index is -0.924. The molecule has 5 nitrogen and oxygen atoms in total. The van der Waals surface area contributed by atoms with Crippen LogP contribution in [0.1, 0.15) is 55.7 Å². The van der Waals surface area contributed by atoms with Gasteiger partial charge in [0.1, 0.15) is 5.75 Å². The molecule has 1 aromatic carbocycles. The number of carboxylic acid groups (broad SMARTS) is 1. The summed E-state index contributed by atoms with van der Waals surface area (Å²) >= 11 is 0. The summed E-state index contributed by atoms with van der Waals surface area (Å²) in [4.78, 5) is 23.6. The molecule has 23 heavy (non-hydrogen) atoms. The fourth-order valence-corrected chi connectivity index (χ4v) is 3.20. The second-order valence-corrected chi connectivity index (χ2v) is 6.22. The molecule has 0 heterocycles. The van der Waals surface area contributed by atoms with Crippen LogP contribution in [0.4, 0.5) is 0 Å². The summed E-state index contributed by atoms with van der Waals surface area (Å²) in [5.41, 5.74) is 1.72. The van der Waals surface area contributed by atoms with Crippen LogP contribution in [0.3, 0.4) is 0 Å². The summed E-state index contributed by atoms with van der Waals surface area (Å²) in [6.07, 6.45) is 5.00. The maximum atomic E-state index is 12.4. The number of rotatable bonds is 6. The number of hydrogen-bond donors (Lipinski definition) is 2. The van der Waals surface area contributed by atoms with Crippen molar-refractivity contribution in [2.45, 2.75) is 51.5 Å². The van der Waals surface area contributed by atoms with Crippen molar-refractivity contribution < 1.29 is 19.4 Å². The highest BCUT2D eigenvalue weighted by Crippen LogP contribution is 2.27. The van der Waals surface area contributed by atoms with Gasteiger partial charge >= 0.3 is 5.97 Å². The van der Waals surface area contributed by atoms with Crippen LogP contribution < -0.4 is 10.1 Å². The third-order valence-electron chi connectivity index (χ3n) is 4.49. The van der Waals surface area contributed by atoms with Crippen molar-refractivity contribution >= 4 is 11.9 Å². The van der Waals surface area contributed by atoms with E-state index in [1.165, 1.54) is 6.42 Å². The smallest absolute Gasteiger partial charge is 0.305 e. The van der Waals surface area contributed by atoms with Crippen LogP contribution in [0.25, 0.3) is 0 Å². The number of methoxy groups -OCH3 is 1. The Morgan fingerprint density at radius 1 is 1.30 bits per heavy atom. The van der Waals surface area contributed by atoms with E-state index in [9.17, 15) is 9.59 Å². The fraction of sp³-hybridized carbons (Fsp3) is 0.556. The topological polar surface area (TPSA) is 75.6 Å². The standard InChI is InChI=1S/C18H25NO4/c1-12-10-14(8-9-16(12)23-2)15(11-17(20)21)19-18(22)13-6-4-3-5-7-13/h8-10,13,15H,3-7,11H2,1-2H3,(H,19,22)(H,20,21)/t15-/m0/s1. The molecule has 0 aromatic heterocycles. The molecule has 2 N–H and O–H groups in total. The van der Waals surface area contributed by atoms with E-state index in [-0.39, 0.29) is 18.2 Å². The van der Waals surface area contributed by atoms with Crippen molar-refractivity contribution in [2.24, 2.45) is 5.92 Å². The highest BCUT2D eigenvalue weighted by Gasteiger charge is 2.25. The number of carbonyl (C=O) groups is 2.